The Bertz CT molecular complexity index is 864. The third-order valence-corrected chi connectivity index (χ3v) is 5.12. The number of fused-ring (bicyclic) bond motifs is 1. The Hall–Kier alpha value is -1.89. The summed E-state index contributed by atoms with van der Waals surface area (Å²) in [5, 5.41) is 0.0503. The van der Waals surface area contributed by atoms with Gasteiger partial charge in [0.1, 0.15) is 6.17 Å². The zero-order valence-corrected chi connectivity index (χ0v) is 14.9. The summed E-state index contributed by atoms with van der Waals surface area (Å²) in [6, 6.07) is 4.84. The van der Waals surface area contributed by atoms with Gasteiger partial charge in [-0.1, -0.05) is 13.0 Å². The van der Waals surface area contributed by atoms with Gasteiger partial charge in [-0.25, -0.2) is 4.39 Å². The number of aromatic nitrogens is 1. The van der Waals surface area contributed by atoms with Crippen molar-refractivity contribution in [1.82, 2.24) is 9.47 Å². The second kappa shape index (κ2) is 7.02. The quantitative estimate of drug-likeness (QED) is 0.762. The molecule has 0 saturated carbocycles. The van der Waals surface area contributed by atoms with E-state index in [1.165, 1.54) is 17.7 Å². The largest absolute Gasteiger partial charge is 0.417 e. The summed E-state index contributed by atoms with van der Waals surface area (Å²) >= 11 is 0. The second-order valence-electron chi connectivity index (χ2n) is 6.87. The Morgan fingerprint density at radius 1 is 1.19 bits per heavy atom. The zero-order chi connectivity index (χ0) is 19.1. The van der Waals surface area contributed by atoms with Gasteiger partial charge in [0.25, 0.3) is 5.56 Å². The zero-order valence-electron chi connectivity index (χ0n) is 14.9. The van der Waals surface area contributed by atoms with Gasteiger partial charge in [-0.15, -0.1) is 0 Å². The first-order valence-corrected chi connectivity index (χ1v) is 8.80. The number of rotatable bonds is 3. The highest BCUT2D eigenvalue weighted by atomic mass is 19.4. The molecule has 26 heavy (non-hydrogen) atoms. The van der Waals surface area contributed by atoms with E-state index in [9.17, 15) is 22.4 Å². The van der Waals surface area contributed by atoms with Crippen molar-refractivity contribution in [3.63, 3.8) is 0 Å². The van der Waals surface area contributed by atoms with E-state index in [1.807, 2.05) is 4.90 Å². The molecule has 0 N–H and O–H groups in total. The SMILES string of the molecule is CCc1c(C(F)(F)F)c2cc(CN3CCC(F)CC3)ccc2n(C)c1=O. The van der Waals surface area contributed by atoms with E-state index in [0.717, 1.165) is 5.56 Å². The number of aryl methyl sites for hydroxylation is 1. The summed E-state index contributed by atoms with van der Waals surface area (Å²) in [5.41, 5.74) is -0.637. The molecule has 0 unspecified atom stereocenters. The molecule has 1 fully saturated rings. The van der Waals surface area contributed by atoms with Crippen molar-refractivity contribution in [1.29, 1.82) is 0 Å². The number of hydrogen-bond acceptors (Lipinski definition) is 2. The molecule has 3 nitrogen and oxygen atoms in total. The first-order valence-electron chi connectivity index (χ1n) is 8.80. The Balaban J connectivity index is 2.10. The van der Waals surface area contributed by atoms with Crippen molar-refractivity contribution in [2.75, 3.05) is 13.1 Å². The summed E-state index contributed by atoms with van der Waals surface area (Å²) in [5.74, 6) is 0. The fourth-order valence-electron chi connectivity index (χ4n) is 3.73. The van der Waals surface area contributed by atoms with Crippen molar-refractivity contribution in [3.05, 3.63) is 45.2 Å². The van der Waals surface area contributed by atoms with E-state index >= 15 is 0 Å². The van der Waals surface area contributed by atoms with Crippen LogP contribution in [0.5, 0.6) is 0 Å². The van der Waals surface area contributed by atoms with Crippen molar-refractivity contribution in [3.8, 4) is 0 Å². The van der Waals surface area contributed by atoms with Gasteiger partial charge in [0.05, 0.1) is 11.1 Å². The van der Waals surface area contributed by atoms with Crippen molar-refractivity contribution in [2.45, 2.75) is 45.1 Å². The Kier molecular flexibility index (Phi) is 5.10. The normalized spacial score (nSPS) is 17.2. The molecule has 1 aliphatic rings. The molecular formula is C19H22F4N2O. The molecule has 1 aromatic carbocycles. The van der Waals surface area contributed by atoms with E-state index < -0.39 is 23.5 Å². The maximum Gasteiger partial charge on any atom is 0.417 e. The van der Waals surface area contributed by atoms with Crippen molar-refractivity contribution in [2.24, 2.45) is 7.05 Å². The molecule has 0 aliphatic carbocycles. The van der Waals surface area contributed by atoms with E-state index in [1.54, 1.807) is 19.1 Å². The number of pyridine rings is 1. The summed E-state index contributed by atoms with van der Waals surface area (Å²) in [6.07, 6.45) is -4.46. The molecule has 142 valence electrons. The second-order valence-corrected chi connectivity index (χ2v) is 6.87. The van der Waals surface area contributed by atoms with Crippen LogP contribution in [0.25, 0.3) is 10.9 Å². The smallest absolute Gasteiger partial charge is 0.311 e. The Morgan fingerprint density at radius 3 is 2.42 bits per heavy atom. The predicted molar refractivity (Wildman–Crippen MR) is 93.0 cm³/mol. The van der Waals surface area contributed by atoms with Crippen LogP contribution in [0.4, 0.5) is 17.6 Å². The minimum Gasteiger partial charge on any atom is -0.311 e. The minimum absolute atomic E-state index is 0.0195. The van der Waals surface area contributed by atoms with E-state index in [2.05, 4.69) is 0 Å². The molecule has 1 saturated heterocycles. The van der Waals surface area contributed by atoms with Crippen LogP contribution in [0.2, 0.25) is 0 Å². The van der Waals surface area contributed by atoms with E-state index in [4.69, 9.17) is 0 Å². The molecule has 0 spiro atoms. The highest BCUT2D eigenvalue weighted by Crippen LogP contribution is 2.36. The Morgan fingerprint density at radius 2 is 1.85 bits per heavy atom. The van der Waals surface area contributed by atoms with Crippen LogP contribution in [0.1, 0.15) is 36.5 Å². The molecule has 1 aromatic heterocycles. The first-order chi connectivity index (χ1) is 12.2. The van der Waals surface area contributed by atoms with Crippen LogP contribution in [-0.4, -0.2) is 28.7 Å². The van der Waals surface area contributed by atoms with Gasteiger partial charge in [0.2, 0.25) is 0 Å². The van der Waals surface area contributed by atoms with Crippen LogP contribution in [0.3, 0.4) is 0 Å². The van der Waals surface area contributed by atoms with Crippen molar-refractivity contribution >= 4 is 10.9 Å². The molecule has 0 bridgehead atoms. The van der Waals surface area contributed by atoms with Crippen LogP contribution in [-0.2, 0) is 26.2 Å². The molecule has 1 aliphatic heterocycles. The predicted octanol–water partition coefficient (Wildman–Crippen LogP) is 4.05. The number of nitrogens with zero attached hydrogens (tertiary/aromatic N) is 2. The minimum atomic E-state index is -4.60. The number of piperidine rings is 1. The number of benzene rings is 1. The summed E-state index contributed by atoms with van der Waals surface area (Å²) in [7, 11) is 1.50. The fourth-order valence-corrected chi connectivity index (χ4v) is 3.73. The highest BCUT2D eigenvalue weighted by molar-refractivity contribution is 5.85. The molecule has 7 heteroatoms. The number of likely N-dealkylation sites (tertiary alicyclic amines) is 1. The van der Waals surface area contributed by atoms with Gasteiger partial charge < -0.3 is 4.57 Å². The molecule has 0 amide bonds. The number of alkyl halides is 4. The van der Waals surface area contributed by atoms with Gasteiger partial charge in [0.15, 0.2) is 0 Å². The maximum atomic E-state index is 13.7. The summed E-state index contributed by atoms with van der Waals surface area (Å²) in [4.78, 5) is 14.4. The molecule has 2 heterocycles. The lowest BCUT2D eigenvalue weighted by atomic mass is 9.98. The molecule has 2 aromatic rings. The standard InChI is InChI=1S/C19H22F4N2O/c1-3-14-17(19(21,22)23)15-10-12(4-5-16(15)24(2)18(14)26)11-25-8-6-13(20)7-9-25/h4-5,10,13H,3,6-9,11H2,1-2H3. The van der Waals surface area contributed by atoms with Crippen LogP contribution >= 0.6 is 0 Å². The van der Waals surface area contributed by atoms with Crippen molar-refractivity contribution < 1.29 is 17.6 Å². The average Bonchev–Trinajstić information content (AvgIpc) is 2.58. The molecular weight excluding hydrogens is 348 g/mol. The first kappa shape index (κ1) is 18.9. The monoisotopic (exact) mass is 370 g/mol. The summed E-state index contributed by atoms with van der Waals surface area (Å²) in [6.45, 7) is 3.23. The van der Waals surface area contributed by atoms with Gasteiger partial charge in [-0.2, -0.15) is 13.2 Å². The topological polar surface area (TPSA) is 25.2 Å². The highest BCUT2D eigenvalue weighted by Gasteiger charge is 2.37. The van der Waals surface area contributed by atoms with E-state index in [-0.39, 0.29) is 22.9 Å². The molecule has 0 atom stereocenters. The van der Waals surface area contributed by atoms with E-state index in [0.29, 0.717) is 32.5 Å². The van der Waals surface area contributed by atoms with Crippen LogP contribution in [0, 0.1) is 0 Å². The average molecular weight is 370 g/mol. The van der Waals surface area contributed by atoms with Gasteiger partial charge >= 0.3 is 6.18 Å². The lowest BCUT2D eigenvalue weighted by molar-refractivity contribution is -0.137. The molecule has 3 rings (SSSR count). The van der Waals surface area contributed by atoms with Crippen LogP contribution < -0.4 is 5.56 Å². The van der Waals surface area contributed by atoms with Gasteiger partial charge in [-0.3, -0.25) is 9.69 Å². The lowest BCUT2D eigenvalue weighted by Gasteiger charge is -2.28. The van der Waals surface area contributed by atoms with Gasteiger partial charge in [-0.05, 0) is 37.0 Å². The third-order valence-electron chi connectivity index (χ3n) is 5.12. The third kappa shape index (κ3) is 3.49. The Labute approximate surface area is 149 Å². The molecule has 0 radical (unpaired) electrons. The fraction of sp³-hybridized carbons (Fsp3) is 0.526. The van der Waals surface area contributed by atoms with Gasteiger partial charge in [0, 0.05) is 37.6 Å². The maximum absolute atomic E-state index is 13.7. The number of hydrogen-bond donors (Lipinski definition) is 0. The number of halogens is 4. The van der Waals surface area contributed by atoms with Crippen LogP contribution in [0.15, 0.2) is 23.0 Å². The lowest BCUT2D eigenvalue weighted by Crippen LogP contribution is -2.33. The summed E-state index contributed by atoms with van der Waals surface area (Å²) < 4.78 is 55.7.